The van der Waals surface area contributed by atoms with E-state index in [9.17, 15) is 19.2 Å². The summed E-state index contributed by atoms with van der Waals surface area (Å²) in [6.45, 7) is -0.484. The Balaban J connectivity index is 1.43. The van der Waals surface area contributed by atoms with Crippen LogP contribution in [0.1, 0.15) is 19.3 Å². The Morgan fingerprint density at radius 3 is 2.44 bits per heavy atom. The smallest absolute Gasteiger partial charge is 0.308 e. The number of anilines is 1. The molecule has 0 radical (unpaired) electrons. The van der Waals surface area contributed by atoms with Crippen molar-refractivity contribution in [1.82, 2.24) is 4.90 Å². The van der Waals surface area contributed by atoms with Gasteiger partial charge >= 0.3 is 5.97 Å². The Morgan fingerprint density at radius 1 is 1.15 bits per heavy atom. The number of benzene rings is 1. The van der Waals surface area contributed by atoms with E-state index in [-0.39, 0.29) is 36.6 Å². The summed E-state index contributed by atoms with van der Waals surface area (Å²) in [5, 5.41) is 3.03. The highest BCUT2D eigenvalue weighted by Gasteiger charge is 2.46. The number of carbonyl (C=O) groups excluding carboxylic acids is 4. The number of nitrogens with one attached hydrogen (secondary N) is 1. The van der Waals surface area contributed by atoms with E-state index in [1.54, 1.807) is 24.3 Å². The second kappa shape index (κ2) is 8.35. The normalized spacial score (nSPS) is 21.1. The number of carbonyl (C=O) groups is 4. The third-order valence-electron chi connectivity index (χ3n) is 4.61. The van der Waals surface area contributed by atoms with Crippen LogP contribution in [0.2, 0.25) is 5.02 Å². The van der Waals surface area contributed by atoms with Gasteiger partial charge in [-0.3, -0.25) is 24.1 Å². The van der Waals surface area contributed by atoms with Crippen molar-refractivity contribution in [2.75, 3.05) is 18.5 Å². The van der Waals surface area contributed by atoms with Crippen molar-refractivity contribution in [3.8, 4) is 0 Å². The summed E-state index contributed by atoms with van der Waals surface area (Å²) in [4.78, 5) is 49.4. The zero-order valence-electron chi connectivity index (χ0n) is 14.5. The first-order chi connectivity index (χ1) is 13.0. The van der Waals surface area contributed by atoms with E-state index in [1.165, 1.54) is 0 Å². The van der Waals surface area contributed by atoms with Gasteiger partial charge in [-0.2, -0.15) is 0 Å². The average molecular weight is 391 g/mol. The Hall–Kier alpha value is -2.67. The van der Waals surface area contributed by atoms with Gasteiger partial charge in [0, 0.05) is 17.3 Å². The molecule has 1 aliphatic heterocycles. The van der Waals surface area contributed by atoms with Crippen molar-refractivity contribution < 1.29 is 23.9 Å². The van der Waals surface area contributed by atoms with E-state index in [0.717, 1.165) is 4.90 Å². The maximum atomic E-state index is 12.3. The van der Waals surface area contributed by atoms with Crippen molar-refractivity contribution in [2.45, 2.75) is 19.3 Å². The van der Waals surface area contributed by atoms with Crippen molar-refractivity contribution in [3.05, 3.63) is 41.4 Å². The van der Waals surface area contributed by atoms with Crippen LogP contribution in [0.15, 0.2) is 36.4 Å². The summed E-state index contributed by atoms with van der Waals surface area (Å²) in [5.41, 5.74) is 0.494. The molecule has 1 aliphatic carbocycles. The molecular formula is C19H19ClN2O5. The number of likely N-dealkylation sites (tertiary alicyclic amines) is 1. The minimum atomic E-state index is -0.648. The summed E-state index contributed by atoms with van der Waals surface area (Å²) in [7, 11) is 0. The second-order valence-corrected chi connectivity index (χ2v) is 6.89. The Kier molecular flexibility index (Phi) is 5.91. The molecule has 1 fully saturated rings. The van der Waals surface area contributed by atoms with Gasteiger partial charge in [0.05, 0.1) is 18.3 Å². The fourth-order valence-corrected chi connectivity index (χ4v) is 3.46. The molecule has 0 spiro atoms. The molecule has 0 unspecified atom stereocenters. The summed E-state index contributed by atoms with van der Waals surface area (Å²) >= 11 is 5.83. The molecule has 142 valence electrons. The Bertz CT molecular complexity index is 781. The van der Waals surface area contributed by atoms with Gasteiger partial charge in [-0.1, -0.05) is 29.8 Å². The first-order valence-corrected chi connectivity index (χ1v) is 9.05. The molecule has 0 bridgehead atoms. The highest BCUT2D eigenvalue weighted by molar-refractivity contribution is 6.30. The monoisotopic (exact) mass is 390 g/mol. The molecule has 0 aromatic heterocycles. The van der Waals surface area contributed by atoms with Crippen molar-refractivity contribution in [2.24, 2.45) is 11.8 Å². The molecule has 7 nitrogen and oxygen atoms in total. The zero-order chi connectivity index (χ0) is 19.4. The number of nitrogens with zero attached hydrogens (tertiary/aromatic N) is 1. The fraction of sp³-hybridized carbons (Fsp3) is 0.368. The van der Waals surface area contributed by atoms with Crippen molar-refractivity contribution in [1.29, 1.82) is 0 Å². The first kappa shape index (κ1) is 19.1. The van der Waals surface area contributed by atoms with Crippen LogP contribution in [0.5, 0.6) is 0 Å². The molecule has 1 aromatic rings. The van der Waals surface area contributed by atoms with Gasteiger partial charge in [-0.15, -0.1) is 0 Å². The predicted octanol–water partition coefficient (Wildman–Crippen LogP) is 2.16. The van der Waals surface area contributed by atoms with Gasteiger partial charge in [-0.25, -0.2) is 0 Å². The van der Waals surface area contributed by atoms with Crippen LogP contribution in [0.25, 0.3) is 0 Å². The van der Waals surface area contributed by atoms with Crippen LogP contribution < -0.4 is 5.32 Å². The van der Waals surface area contributed by atoms with E-state index in [1.807, 2.05) is 12.2 Å². The number of halogens is 1. The first-order valence-electron chi connectivity index (χ1n) is 8.67. The van der Waals surface area contributed by atoms with E-state index < -0.39 is 18.5 Å². The SMILES string of the molecule is O=C(COC(=O)CCN1C(=O)[C@H]2CC=CC[C@@H]2C1=O)Nc1cccc(Cl)c1. The minimum absolute atomic E-state index is 0.0284. The summed E-state index contributed by atoms with van der Waals surface area (Å²) < 4.78 is 4.91. The zero-order valence-corrected chi connectivity index (χ0v) is 15.3. The number of allylic oxidation sites excluding steroid dienone is 2. The quantitative estimate of drug-likeness (QED) is 0.456. The van der Waals surface area contributed by atoms with Gasteiger partial charge in [0.25, 0.3) is 5.91 Å². The molecule has 2 atom stereocenters. The molecule has 1 saturated heterocycles. The number of imide groups is 1. The number of amides is 3. The summed E-state index contributed by atoms with van der Waals surface area (Å²) in [5.74, 6) is -2.26. The highest BCUT2D eigenvalue weighted by atomic mass is 35.5. The van der Waals surface area contributed by atoms with Crippen LogP contribution >= 0.6 is 11.6 Å². The molecule has 8 heteroatoms. The third-order valence-corrected chi connectivity index (χ3v) is 4.85. The lowest BCUT2D eigenvalue weighted by molar-refractivity contribution is -0.148. The highest BCUT2D eigenvalue weighted by Crippen LogP contribution is 2.34. The molecule has 3 amide bonds. The van der Waals surface area contributed by atoms with Gasteiger partial charge in [0.2, 0.25) is 11.8 Å². The van der Waals surface area contributed by atoms with Crippen LogP contribution in [0.3, 0.4) is 0 Å². The van der Waals surface area contributed by atoms with Gasteiger partial charge < -0.3 is 10.1 Å². The summed E-state index contributed by atoms with van der Waals surface area (Å²) in [6, 6.07) is 6.58. The molecular weight excluding hydrogens is 372 g/mol. The molecule has 3 rings (SSSR count). The largest absolute Gasteiger partial charge is 0.456 e. The predicted molar refractivity (Wildman–Crippen MR) is 97.7 cm³/mol. The molecule has 0 saturated carbocycles. The van der Waals surface area contributed by atoms with Gasteiger partial charge in [0.1, 0.15) is 0 Å². The van der Waals surface area contributed by atoms with Crippen molar-refractivity contribution in [3.63, 3.8) is 0 Å². The molecule has 1 aromatic carbocycles. The molecule has 1 heterocycles. The topological polar surface area (TPSA) is 92.8 Å². The van der Waals surface area contributed by atoms with Crippen LogP contribution in [-0.4, -0.2) is 41.7 Å². The second-order valence-electron chi connectivity index (χ2n) is 6.45. The number of hydrogen-bond acceptors (Lipinski definition) is 5. The van der Waals surface area contributed by atoms with E-state index in [4.69, 9.17) is 16.3 Å². The maximum Gasteiger partial charge on any atom is 0.308 e. The number of hydrogen-bond donors (Lipinski definition) is 1. The number of esters is 1. The van der Waals surface area contributed by atoms with Crippen LogP contribution in [0.4, 0.5) is 5.69 Å². The van der Waals surface area contributed by atoms with Gasteiger partial charge in [-0.05, 0) is 31.0 Å². The lowest BCUT2D eigenvalue weighted by Gasteiger charge is -2.14. The number of fused-ring (bicyclic) bond motifs is 1. The number of ether oxygens (including phenoxy) is 1. The number of rotatable bonds is 6. The lowest BCUT2D eigenvalue weighted by atomic mass is 9.85. The standard InChI is InChI=1S/C19H19ClN2O5/c20-12-4-3-5-13(10-12)21-16(23)11-27-17(24)8-9-22-18(25)14-6-1-2-7-15(14)19(22)26/h1-5,10,14-15H,6-9,11H2,(H,21,23)/t14-,15-/m0/s1. The minimum Gasteiger partial charge on any atom is -0.456 e. The van der Waals surface area contributed by atoms with E-state index in [0.29, 0.717) is 23.6 Å². The average Bonchev–Trinajstić information content (AvgIpc) is 2.89. The molecule has 2 aliphatic rings. The van der Waals surface area contributed by atoms with Crippen molar-refractivity contribution >= 4 is 41.0 Å². The van der Waals surface area contributed by atoms with Gasteiger partial charge in [0.15, 0.2) is 6.61 Å². The van der Waals surface area contributed by atoms with Crippen LogP contribution in [0, 0.1) is 11.8 Å². The molecule has 1 N–H and O–H groups in total. The Labute approximate surface area is 161 Å². The Morgan fingerprint density at radius 2 is 1.81 bits per heavy atom. The lowest BCUT2D eigenvalue weighted by Crippen LogP contribution is -2.33. The maximum absolute atomic E-state index is 12.3. The molecule has 27 heavy (non-hydrogen) atoms. The van der Waals surface area contributed by atoms with Crippen LogP contribution in [-0.2, 0) is 23.9 Å². The van der Waals surface area contributed by atoms with E-state index in [2.05, 4.69) is 5.32 Å². The third kappa shape index (κ3) is 4.54. The fourth-order valence-electron chi connectivity index (χ4n) is 3.27. The summed E-state index contributed by atoms with van der Waals surface area (Å²) in [6.07, 6.45) is 4.78. The van der Waals surface area contributed by atoms with E-state index >= 15 is 0 Å².